The van der Waals surface area contributed by atoms with Crippen molar-refractivity contribution in [1.82, 2.24) is 9.97 Å². The van der Waals surface area contributed by atoms with Gasteiger partial charge < -0.3 is 9.88 Å². The first-order chi connectivity index (χ1) is 12.6. The Morgan fingerprint density at radius 2 is 2.08 bits per heavy atom. The lowest BCUT2D eigenvalue weighted by Gasteiger charge is -2.32. The lowest BCUT2D eigenvalue weighted by atomic mass is 9.96. The molecule has 2 aromatic heterocycles. The zero-order valence-corrected chi connectivity index (χ0v) is 15.5. The van der Waals surface area contributed by atoms with E-state index in [4.69, 9.17) is 4.98 Å². The van der Waals surface area contributed by atoms with E-state index in [1.807, 2.05) is 17.9 Å². The zero-order valence-electron chi connectivity index (χ0n) is 14.7. The van der Waals surface area contributed by atoms with E-state index in [9.17, 15) is 9.18 Å². The predicted molar refractivity (Wildman–Crippen MR) is 103 cm³/mol. The molecule has 0 spiro atoms. The van der Waals surface area contributed by atoms with Crippen LogP contribution in [-0.4, -0.2) is 16.5 Å². The van der Waals surface area contributed by atoms with Crippen LogP contribution >= 0.6 is 11.3 Å². The van der Waals surface area contributed by atoms with Crippen molar-refractivity contribution in [2.75, 3.05) is 11.4 Å². The standard InChI is InChI=1S/C20H20FN3OS/c1-11-7-8-14(21)18-12(11)5-3-9-24(18)10-16-22-19(25)17-13-4-2-6-15(13)26-20(17)23-16/h7-8H,2-6,9-10H2,1H3,(H,22,23,25). The van der Waals surface area contributed by atoms with E-state index in [2.05, 4.69) is 4.98 Å². The van der Waals surface area contributed by atoms with Gasteiger partial charge in [0, 0.05) is 11.4 Å². The van der Waals surface area contributed by atoms with Crippen LogP contribution in [-0.2, 0) is 25.8 Å². The van der Waals surface area contributed by atoms with Crippen molar-refractivity contribution in [2.24, 2.45) is 0 Å². The van der Waals surface area contributed by atoms with Gasteiger partial charge in [0.1, 0.15) is 16.5 Å². The number of benzene rings is 1. The molecule has 0 saturated carbocycles. The summed E-state index contributed by atoms with van der Waals surface area (Å²) in [7, 11) is 0. The largest absolute Gasteiger partial charge is 0.361 e. The summed E-state index contributed by atoms with van der Waals surface area (Å²) in [6.45, 7) is 3.23. The molecular formula is C20H20FN3OS. The smallest absolute Gasteiger partial charge is 0.259 e. The Kier molecular flexibility index (Phi) is 3.64. The van der Waals surface area contributed by atoms with E-state index < -0.39 is 0 Å². The summed E-state index contributed by atoms with van der Waals surface area (Å²) in [5, 5.41) is 0.771. The van der Waals surface area contributed by atoms with Gasteiger partial charge in [-0.05, 0) is 61.8 Å². The number of nitrogens with zero attached hydrogens (tertiary/aromatic N) is 2. The van der Waals surface area contributed by atoms with E-state index >= 15 is 0 Å². The Balaban J connectivity index is 1.56. The SMILES string of the molecule is Cc1ccc(F)c2c1CCCN2Cc1nc2sc3c(c2c(=O)[nH]1)CCC3. The van der Waals surface area contributed by atoms with Crippen LogP contribution in [0.1, 0.15) is 40.2 Å². The first kappa shape index (κ1) is 16.0. The number of aryl methyl sites for hydroxylation is 3. The Bertz CT molecular complexity index is 1080. The number of H-pyrrole nitrogens is 1. The quantitative estimate of drug-likeness (QED) is 0.746. The molecule has 0 fully saturated rings. The van der Waals surface area contributed by atoms with Gasteiger partial charge in [0.2, 0.25) is 0 Å². The van der Waals surface area contributed by atoms with E-state index in [0.29, 0.717) is 18.1 Å². The van der Waals surface area contributed by atoms with Gasteiger partial charge in [-0.1, -0.05) is 6.07 Å². The number of hydrogen-bond acceptors (Lipinski definition) is 4. The normalized spacial score (nSPS) is 16.2. The third-order valence-corrected chi connectivity index (χ3v) is 6.79. The molecule has 0 radical (unpaired) electrons. The minimum absolute atomic E-state index is 0.0497. The first-order valence-electron chi connectivity index (χ1n) is 9.18. The van der Waals surface area contributed by atoms with Gasteiger partial charge in [0.15, 0.2) is 0 Å². The summed E-state index contributed by atoms with van der Waals surface area (Å²) in [6.07, 6.45) is 5.03. The van der Waals surface area contributed by atoms with Gasteiger partial charge in [-0.2, -0.15) is 0 Å². The minimum Gasteiger partial charge on any atom is -0.361 e. The Hall–Kier alpha value is -2.21. The van der Waals surface area contributed by atoms with Crippen molar-refractivity contribution in [3.63, 3.8) is 0 Å². The van der Waals surface area contributed by atoms with Gasteiger partial charge >= 0.3 is 0 Å². The fourth-order valence-electron chi connectivity index (χ4n) is 4.39. The molecule has 0 atom stereocenters. The molecule has 1 aromatic carbocycles. The summed E-state index contributed by atoms with van der Waals surface area (Å²) in [4.78, 5) is 24.5. The third-order valence-electron chi connectivity index (χ3n) is 5.60. The van der Waals surface area contributed by atoms with Crippen LogP contribution in [0.4, 0.5) is 10.1 Å². The Labute approximate surface area is 154 Å². The lowest BCUT2D eigenvalue weighted by molar-refractivity contribution is 0.590. The highest BCUT2D eigenvalue weighted by Gasteiger charge is 2.25. The van der Waals surface area contributed by atoms with Crippen LogP contribution in [0, 0.1) is 12.7 Å². The third kappa shape index (κ3) is 2.39. The summed E-state index contributed by atoms with van der Waals surface area (Å²) in [5.74, 6) is 0.431. The number of aromatic amines is 1. The van der Waals surface area contributed by atoms with Gasteiger partial charge in [0.05, 0.1) is 17.6 Å². The van der Waals surface area contributed by atoms with Crippen molar-refractivity contribution >= 4 is 27.2 Å². The fourth-order valence-corrected chi connectivity index (χ4v) is 5.67. The maximum Gasteiger partial charge on any atom is 0.259 e. The number of hydrogen-bond donors (Lipinski definition) is 1. The molecule has 4 nitrogen and oxygen atoms in total. The summed E-state index contributed by atoms with van der Waals surface area (Å²) >= 11 is 1.64. The molecule has 3 aromatic rings. The van der Waals surface area contributed by atoms with E-state index in [1.165, 1.54) is 16.5 Å². The average Bonchev–Trinajstić information content (AvgIpc) is 3.19. The van der Waals surface area contributed by atoms with Crippen LogP contribution in [0.2, 0.25) is 0 Å². The van der Waals surface area contributed by atoms with Crippen molar-refractivity contribution in [3.8, 4) is 0 Å². The summed E-state index contributed by atoms with van der Waals surface area (Å²) in [5.41, 5.74) is 4.02. The lowest BCUT2D eigenvalue weighted by Crippen LogP contribution is -2.31. The van der Waals surface area contributed by atoms with E-state index in [1.54, 1.807) is 11.3 Å². The molecule has 2 aliphatic rings. The number of rotatable bonds is 2. The molecule has 0 unspecified atom stereocenters. The zero-order chi connectivity index (χ0) is 17.8. The highest BCUT2D eigenvalue weighted by Crippen LogP contribution is 2.35. The molecular weight excluding hydrogens is 349 g/mol. The van der Waals surface area contributed by atoms with E-state index in [-0.39, 0.29) is 11.4 Å². The van der Waals surface area contributed by atoms with E-state index in [0.717, 1.165) is 60.0 Å². The van der Waals surface area contributed by atoms with Crippen LogP contribution in [0.3, 0.4) is 0 Å². The first-order valence-corrected chi connectivity index (χ1v) is 10.00. The number of nitrogens with one attached hydrogen (secondary N) is 1. The molecule has 26 heavy (non-hydrogen) atoms. The molecule has 5 rings (SSSR count). The minimum atomic E-state index is -0.191. The molecule has 0 saturated heterocycles. The number of anilines is 1. The number of thiophene rings is 1. The fraction of sp³-hybridized carbons (Fsp3) is 0.400. The molecule has 134 valence electrons. The number of fused-ring (bicyclic) bond motifs is 4. The van der Waals surface area contributed by atoms with Gasteiger partial charge in [-0.3, -0.25) is 4.79 Å². The molecule has 1 aliphatic heterocycles. The average molecular weight is 369 g/mol. The van der Waals surface area contributed by atoms with Crippen molar-refractivity contribution in [2.45, 2.75) is 45.6 Å². The van der Waals surface area contributed by atoms with Crippen LogP contribution in [0.5, 0.6) is 0 Å². The van der Waals surface area contributed by atoms with Gasteiger partial charge in [-0.15, -0.1) is 11.3 Å². The number of aromatic nitrogens is 2. The predicted octanol–water partition coefficient (Wildman–Crippen LogP) is 3.87. The van der Waals surface area contributed by atoms with Gasteiger partial charge in [0.25, 0.3) is 5.56 Å². The molecule has 0 amide bonds. The van der Waals surface area contributed by atoms with Gasteiger partial charge in [-0.25, -0.2) is 9.37 Å². The number of halogens is 1. The van der Waals surface area contributed by atoms with Crippen LogP contribution in [0.25, 0.3) is 10.2 Å². The van der Waals surface area contributed by atoms with Crippen molar-refractivity contribution in [1.29, 1.82) is 0 Å². The van der Waals surface area contributed by atoms with Crippen LogP contribution < -0.4 is 10.5 Å². The molecule has 6 heteroatoms. The maximum atomic E-state index is 14.5. The van der Waals surface area contributed by atoms with Crippen LogP contribution in [0.15, 0.2) is 16.9 Å². The molecule has 3 heterocycles. The summed E-state index contributed by atoms with van der Waals surface area (Å²) in [6, 6.07) is 3.38. The Morgan fingerprint density at radius 3 is 2.96 bits per heavy atom. The molecule has 1 aliphatic carbocycles. The second kappa shape index (κ2) is 5.91. The second-order valence-corrected chi connectivity index (χ2v) is 8.35. The molecule has 1 N–H and O–H groups in total. The maximum absolute atomic E-state index is 14.5. The molecule has 0 bridgehead atoms. The summed E-state index contributed by atoms with van der Waals surface area (Å²) < 4.78 is 14.5. The van der Waals surface area contributed by atoms with Crippen molar-refractivity contribution in [3.05, 3.63) is 55.7 Å². The van der Waals surface area contributed by atoms with Crippen molar-refractivity contribution < 1.29 is 4.39 Å². The highest BCUT2D eigenvalue weighted by atomic mass is 32.1. The highest BCUT2D eigenvalue weighted by molar-refractivity contribution is 7.18. The topological polar surface area (TPSA) is 49.0 Å². The monoisotopic (exact) mass is 369 g/mol. The Morgan fingerprint density at radius 1 is 1.23 bits per heavy atom. The second-order valence-electron chi connectivity index (χ2n) is 7.27.